The van der Waals surface area contributed by atoms with Crippen molar-refractivity contribution in [3.63, 3.8) is 0 Å². The Hall–Kier alpha value is -4.14. The zero-order valence-corrected chi connectivity index (χ0v) is 26.3. The van der Waals surface area contributed by atoms with Crippen LogP contribution in [0.15, 0.2) is 24.3 Å². The number of hydrogen-bond donors (Lipinski definition) is 2. The smallest absolute Gasteiger partial charge is 0.319 e. The van der Waals surface area contributed by atoms with Gasteiger partial charge in [0, 0.05) is 49.1 Å². The first-order valence-corrected chi connectivity index (χ1v) is 16.6. The molecular formula is C36H37F3N6O2. The molecular weight excluding hydrogens is 605 g/mol. The molecule has 244 valence electrons. The Morgan fingerprint density at radius 3 is 2.68 bits per heavy atom. The van der Waals surface area contributed by atoms with Gasteiger partial charge in [-0.15, -0.1) is 6.42 Å². The molecule has 8 nitrogen and oxygen atoms in total. The van der Waals surface area contributed by atoms with Gasteiger partial charge in [-0.3, -0.25) is 4.90 Å². The lowest BCUT2D eigenvalue weighted by Crippen LogP contribution is -2.51. The summed E-state index contributed by atoms with van der Waals surface area (Å²) < 4.78 is 53.0. The number of alkyl halides is 1. The number of pyridine rings is 1. The third kappa shape index (κ3) is 5.04. The molecule has 0 radical (unpaired) electrons. The second-order valence-electron chi connectivity index (χ2n) is 13.6. The number of aryl methyl sites for hydroxylation is 1. The van der Waals surface area contributed by atoms with Gasteiger partial charge < -0.3 is 20.1 Å². The van der Waals surface area contributed by atoms with E-state index in [1.54, 1.807) is 0 Å². The Balaban J connectivity index is 1.33. The molecule has 4 aliphatic heterocycles. The lowest BCUT2D eigenvalue weighted by molar-refractivity contribution is 0.107. The number of phenolic OH excluding ortho intramolecular Hbond substituents is 1. The lowest BCUT2D eigenvalue weighted by atomic mass is 9.95. The van der Waals surface area contributed by atoms with E-state index in [1.807, 2.05) is 6.92 Å². The summed E-state index contributed by atoms with van der Waals surface area (Å²) >= 11 is 0. The lowest BCUT2D eigenvalue weighted by Gasteiger charge is -2.35. The van der Waals surface area contributed by atoms with Gasteiger partial charge in [-0.2, -0.15) is 9.97 Å². The molecule has 6 heterocycles. The number of rotatable bonds is 7. The predicted octanol–water partition coefficient (Wildman–Crippen LogP) is 5.66. The number of nitrogens with zero attached hydrogens (tertiary/aromatic N) is 5. The molecule has 0 spiro atoms. The monoisotopic (exact) mass is 642 g/mol. The molecule has 4 aromatic rings. The summed E-state index contributed by atoms with van der Waals surface area (Å²) in [6.45, 7) is 4.81. The van der Waals surface area contributed by atoms with Crippen molar-refractivity contribution in [2.75, 3.05) is 37.7 Å². The molecule has 2 aromatic carbocycles. The maximum atomic E-state index is 17.1. The van der Waals surface area contributed by atoms with Crippen LogP contribution in [0.1, 0.15) is 56.7 Å². The molecule has 47 heavy (non-hydrogen) atoms. The van der Waals surface area contributed by atoms with Gasteiger partial charge in [-0.1, -0.05) is 25.3 Å². The zero-order valence-electron chi connectivity index (χ0n) is 26.3. The molecule has 4 aliphatic rings. The highest BCUT2D eigenvalue weighted by Crippen LogP contribution is 2.43. The number of ether oxygens (including phenoxy) is 1. The van der Waals surface area contributed by atoms with E-state index in [-0.39, 0.29) is 58.2 Å². The molecule has 0 aliphatic carbocycles. The molecule has 2 aromatic heterocycles. The number of benzene rings is 2. The van der Waals surface area contributed by atoms with Crippen molar-refractivity contribution in [3.05, 3.63) is 47.2 Å². The highest BCUT2D eigenvalue weighted by molar-refractivity contribution is 6.03. The van der Waals surface area contributed by atoms with Gasteiger partial charge in [0.15, 0.2) is 5.82 Å². The number of aromatic hydroxyl groups is 1. The molecule has 4 fully saturated rings. The highest BCUT2D eigenvalue weighted by Gasteiger charge is 2.49. The number of anilines is 1. The van der Waals surface area contributed by atoms with Crippen LogP contribution in [0.2, 0.25) is 0 Å². The molecule has 4 saturated heterocycles. The average Bonchev–Trinajstić information content (AvgIpc) is 3.71. The van der Waals surface area contributed by atoms with Crippen molar-refractivity contribution in [1.29, 1.82) is 0 Å². The number of hydrogen-bond acceptors (Lipinski definition) is 8. The molecule has 0 amide bonds. The van der Waals surface area contributed by atoms with Crippen molar-refractivity contribution in [2.24, 2.45) is 0 Å². The Morgan fingerprint density at radius 2 is 1.91 bits per heavy atom. The first-order chi connectivity index (χ1) is 22.8. The Morgan fingerprint density at radius 1 is 1.11 bits per heavy atom. The summed E-state index contributed by atoms with van der Waals surface area (Å²) in [5.74, 6) is 1.48. The van der Waals surface area contributed by atoms with E-state index in [0.29, 0.717) is 61.2 Å². The summed E-state index contributed by atoms with van der Waals surface area (Å²) in [4.78, 5) is 18.8. The Bertz CT molecular complexity index is 1940. The third-order valence-corrected chi connectivity index (χ3v) is 10.5. The van der Waals surface area contributed by atoms with Crippen LogP contribution >= 0.6 is 0 Å². The fraction of sp³-hybridized carbons (Fsp3) is 0.472. The molecule has 8 rings (SSSR count). The van der Waals surface area contributed by atoms with E-state index >= 15 is 4.39 Å². The van der Waals surface area contributed by atoms with Crippen LogP contribution in [0.5, 0.6) is 11.8 Å². The summed E-state index contributed by atoms with van der Waals surface area (Å²) in [7, 11) is 0. The molecule has 2 bridgehead atoms. The second kappa shape index (κ2) is 11.5. The normalized spacial score (nSPS) is 25.5. The zero-order chi connectivity index (χ0) is 32.4. The minimum absolute atomic E-state index is 0.0246. The quantitative estimate of drug-likeness (QED) is 0.250. The van der Waals surface area contributed by atoms with Crippen molar-refractivity contribution >= 4 is 27.5 Å². The second-order valence-corrected chi connectivity index (χ2v) is 13.6. The summed E-state index contributed by atoms with van der Waals surface area (Å²) in [6, 6.07) is 6.17. The number of piperazine rings is 1. The van der Waals surface area contributed by atoms with Crippen molar-refractivity contribution in [1.82, 2.24) is 25.2 Å². The van der Waals surface area contributed by atoms with Crippen LogP contribution in [0, 0.1) is 24.0 Å². The van der Waals surface area contributed by atoms with E-state index < -0.39 is 23.3 Å². The maximum Gasteiger partial charge on any atom is 0.319 e. The molecule has 0 saturated carbocycles. The van der Waals surface area contributed by atoms with Crippen LogP contribution in [0.25, 0.3) is 32.9 Å². The third-order valence-electron chi connectivity index (χ3n) is 10.5. The maximum absolute atomic E-state index is 17.1. The van der Waals surface area contributed by atoms with Crippen LogP contribution in [0.4, 0.5) is 19.0 Å². The van der Waals surface area contributed by atoms with E-state index in [0.717, 1.165) is 32.2 Å². The predicted molar refractivity (Wildman–Crippen MR) is 174 cm³/mol. The number of nitrogens with one attached hydrogen (secondary N) is 1. The number of terminal acetylenes is 1. The molecule has 11 heteroatoms. The van der Waals surface area contributed by atoms with E-state index in [2.05, 4.69) is 26.0 Å². The van der Waals surface area contributed by atoms with Crippen molar-refractivity contribution < 1.29 is 23.0 Å². The van der Waals surface area contributed by atoms with Gasteiger partial charge >= 0.3 is 6.01 Å². The van der Waals surface area contributed by atoms with Crippen molar-refractivity contribution in [3.8, 4) is 35.4 Å². The SMILES string of the molecule is C#Cc1c(F)ccc2cc(O)cc(-c3nc(CCC)c4c(N5C[C@H]6CC[C@@H](C5)N6)nc(OC[C@@]56CCCN5C[C@H](F)C6)nc4c3F)c12. The first kappa shape index (κ1) is 30.2. The van der Waals surface area contributed by atoms with E-state index in [9.17, 15) is 13.9 Å². The summed E-state index contributed by atoms with van der Waals surface area (Å²) in [6.07, 6.45) is 10.3. The Kier molecular flexibility index (Phi) is 7.41. The molecule has 4 atom stereocenters. The van der Waals surface area contributed by atoms with Gasteiger partial charge in [-0.05, 0) is 62.2 Å². The minimum Gasteiger partial charge on any atom is -0.508 e. The summed E-state index contributed by atoms with van der Waals surface area (Å²) in [5, 5.41) is 15.6. The summed E-state index contributed by atoms with van der Waals surface area (Å²) in [5.41, 5.74) is 0.247. The van der Waals surface area contributed by atoms with Crippen LogP contribution in [-0.4, -0.2) is 81.5 Å². The number of aromatic nitrogens is 3. The van der Waals surface area contributed by atoms with E-state index in [1.165, 1.54) is 24.3 Å². The standard InChI is InChI=1S/C36H37F3N6O2/c1-3-6-28-30-33(31(39)32(41-28)26-14-24(46)13-20-7-10-27(38)25(4-2)29(20)26)42-35(43-34(30)44-17-22-8-9-23(18-44)40-22)47-19-36-11-5-12-45(36)16-21(37)15-36/h2,7,10,13-14,21-23,40,46H,3,5-6,8-9,11-12,15-19H2,1H3/t21-,22-,23+,36+/m1/s1. The molecule has 2 N–H and O–H groups in total. The van der Waals surface area contributed by atoms with Gasteiger partial charge in [0.1, 0.15) is 41.4 Å². The minimum atomic E-state index is -0.916. The van der Waals surface area contributed by atoms with Crippen LogP contribution in [-0.2, 0) is 6.42 Å². The van der Waals surface area contributed by atoms with Crippen LogP contribution < -0.4 is 15.0 Å². The number of fused-ring (bicyclic) bond motifs is 5. The van der Waals surface area contributed by atoms with Gasteiger partial charge in [0.25, 0.3) is 0 Å². The fourth-order valence-corrected chi connectivity index (χ4v) is 8.47. The van der Waals surface area contributed by atoms with Crippen LogP contribution in [0.3, 0.4) is 0 Å². The molecule has 0 unspecified atom stereocenters. The topological polar surface area (TPSA) is 86.6 Å². The average molecular weight is 643 g/mol. The van der Waals surface area contributed by atoms with Gasteiger partial charge in [0.2, 0.25) is 0 Å². The highest BCUT2D eigenvalue weighted by atomic mass is 19.1. The largest absolute Gasteiger partial charge is 0.508 e. The first-order valence-electron chi connectivity index (χ1n) is 16.6. The number of phenols is 1. The van der Waals surface area contributed by atoms with Gasteiger partial charge in [-0.25, -0.2) is 18.2 Å². The number of halogens is 3. The fourth-order valence-electron chi connectivity index (χ4n) is 8.47. The van der Waals surface area contributed by atoms with Crippen molar-refractivity contribution in [2.45, 2.75) is 75.7 Å². The Labute approximate surface area is 271 Å². The van der Waals surface area contributed by atoms with E-state index in [4.69, 9.17) is 21.1 Å². The van der Waals surface area contributed by atoms with Gasteiger partial charge in [0.05, 0.1) is 22.2 Å².